The number of hydrogen-bond donors (Lipinski definition) is 0. The highest BCUT2D eigenvalue weighted by Crippen LogP contribution is 2.34. The van der Waals surface area contributed by atoms with E-state index in [4.69, 9.17) is 14.2 Å². The lowest BCUT2D eigenvalue weighted by molar-refractivity contribution is 0.250. The number of epoxide rings is 1. The van der Waals surface area contributed by atoms with Crippen LogP contribution in [0.25, 0.3) is 0 Å². The van der Waals surface area contributed by atoms with Gasteiger partial charge in [0.15, 0.2) is 11.5 Å². The zero-order chi connectivity index (χ0) is 13.7. The highest BCUT2D eigenvalue weighted by atomic mass is 16.6. The molecule has 0 saturated carbocycles. The molecule has 2 rings (SSSR count). The van der Waals surface area contributed by atoms with Crippen molar-refractivity contribution in [2.24, 2.45) is 0 Å². The molecule has 3 nitrogen and oxygen atoms in total. The molecule has 102 valence electrons. The molecule has 1 aliphatic rings. The minimum absolute atomic E-state index is 0.231. The van der Waals surface area contributed by atoms with Gasteiger partial charge in [0.2, 0.25) is 0 Å². The SMILES string of the molecule is C=CCc1cc(CC=C)c(OCC2CO2)c(OC)c1. The van der Waals surface area contributed by atoms with Gasteiger partial charge in [0.25, 0.3) is 0 Å². The van der Waals surface area contributed by atoms with E-state index in [0.29, 0.717) is 6.61 Å². The van der Waals surface area contributed by atoms with Crippen LogP contribution in [-0.2, 0) is 17.6 Å². The highest BCUT2D eigenvalue weighted by Gasteiger charge is 2.24. The fourth-order valence-electron chi connectivity index (χ4n) is 1.97. The van der Waals surface area contributed by atoms with Gasteiger partial charge in [-0.3, -0.25) is 0 Å². The number of rotatable bonds is 8. The van der Waals surface area contributed by atoms with Gasteiger partial charge in [0.1, 0.15) is 12.7 Å². The summed E-state index contributed by atoms with van der Waals surface area (Å²) >= 11 is 0. The summed E-state index contributed by atoms with van der Waals surface area (Å²) in [5.41, 5.74) is 2.26. The summed E-state index contributed by atoms with van der Waals surface area (Å²) in [5, 5.41) is 0. The molecule has 0 aliphatic carbocycles. The maximum Gasteiger partial charge on any atom is 0.164 e. The first-order chi connectivity index (χ1) is 9.28. The van der Waals surface area contributed by atoms with Crippen LogP contribution >= 0.6 is 0 Å². The molecule has 0 N–H and O–H groups in total. The van der Waals surface area contributed by atoms with Gasteiger partial charge in [-0.2, -0.15) is 0 Å². The summed E-state index contributed by atoms with van der Waals surface area (Å²) in [6, 6.07) is 4.12. The zero-order valence-corrected chi connectivity index (χ0v) is 11.4. The Morgan fingerprint density at radius 2 is 2.05 bits per heavy atom. The normalized spacial score (nSPS) is 16.8. The Hall–Kier alpha value is -1.74. The van der Waals surface area contributed by atoms with Gasteiger partial charge in [0.05, 0.1) is 13.7 Å². The summed E-state index contributed by atoms with van der Waals surface area (Å²) in [5.74, 6) is 1.56. The zero-order valence-electron chi connectivity index (χ0n) is 11.4. The molecular weight excluding hydrogens is 240 g/mol. The first-order valence-corrected chi connectivity index (χ1v) is 6.44. The van der Waals surface area contributed by atoms with Crippen LogP contribution in [0.2, 0.25) is 0 Å². The Labute approximate surface area is 114 Å². The van der Waals surface area contributed by atoms with Crippen LogP contribution in [0.15, 0.2) is 37.4 Å². The molecule has 19 heavy (non-hydrogen) atoms. The van der Waals surface area contributed by atoms with E-state index in [1.807, 2.05) is 18.2 Å². The Morgan fingerprint density at radius 3 is 2.63 bits per heavy atom. The van der Waals surface area contributed by atoms with E-state index in [0.717, 1.165) is 36.5 Å². The van der Waals surface area contributed by atoms with Crippen LogP contribution in [-0.4, -0.2) is 26.4 Å². The largest absolute Gasteiger partial charge is 0.493 e. The molecule has 1 aromatic rings. The van der Waals surface area contributed by atoms with E-state index in [2.05, 4.69) is 19.2 Å². The standard InChI is InChI=1S/C16H20O3/c1-4-6-12-8-13(7-5-2)16(15(9-12)17-3)19-11-14-10-18-14/h4-5,8-9,14H,1-2,6-7,10-11H2,3H3. The number of benzene rings is 1. The topological polar surface area (TPSA) is 31.0 Å². The van der Waals surface area contributed by atoms with Crippen molar-refractivity contribution in [1.29, 1.82) is 0 Å². The van der Waals surface area contributed by atoms with E-state index in [9.17, 15) is 0 Å². The molecule has 1 heterocycles. The van der Waals surface area contributed by atoms with Crippen molar-refractivity contribution in [3.05, 3.63) is 48.6 Å². The maximum absolute atomic E-state index is 5.85. The molecule has 0 bridgehead atoms. The Balaban J connectivity index is 2.28. The van der Waals surface area contributed by atoms with Crippen molar-refractivity contribution >= 4 is 0 Å². The van der Waals surface area contributed by atoms with Gasteiger partial charge in [-0.05, 0) is 24.5 Å². The van der Waals surface area contributed by atoms with Crippen molar-refractivity contribution in [2.45, 2.75) is 18.9 Å². The lowest BCUT2D eigenvalue weighted by Gasteiger charge is -2.15. The van der Waals surface area contributed by atoms with Gasteiger partial charge in [-0.25, -0.2) is 0 Å². The quantitative estimate of drug-likeness (QED) is 0.532. The van der Waals surface area contributed by atoms with Crippen LogP contribution < -0.4 is 9.47 Å². The van der Waals surface area contributed by atoms with Crippen molar-refractivity contribution in [3.63, 3.8) is 0 Å². The first kappa shape index (κ1) is 13.7. The van der Waals surface area contributed by atoms with Crippen molar-refractivity contribution in [2.75, 3.05) is 20.3 Å². The van der Waals surface area contributed by atoms with Gasteiger partial charge in [-0.1, -0.05) is 18.2 Å². The van der Waals surface area contributed by atoms with E-state index < -0.39 is 0 Å². The molecule has 1 atom stereocenters. The van der Waals surface area contributed by atoms with Crippen LogP contribution in [0.1, 0.15) is 11.1 Å². The van der Waals surface area contributed by atoms with E-state index in [1.54, 1.807) is 7.11 Å². The third kappa shape index (κ3) is 3.61. The maximum atomic E-state index is 5.85. The van der Waals surface area contributed by atoms with E-state index >= 15 is 0 Å². The van der Waals surface area contributed by atoms with Crippen LogP contribution in [0, 0.1) is 0 Å². The smallest absolute Gasteiger partial charge is 0.164 e. The van der Waals surface area contributed by atoms with Crippen LogP contribution in [0.4, 0.5) is 0 Å². The fourth-order valence-corrected chi connectivity index (χ4v) is 1.97. The summed E-state index contributed by atoms with van der Waals surface area (Å²) in [6.07, 6.45) is 5.54. The number of allylic oxidation sites excluding steroid dienone is 2. The van der Waals surface area contributed by atoms with Crippen molar-refractivity contribution in [1.82, 2.24) is 0 Å². The van der Waals surface area contributed by atoms with E-state index in [1.165, 1.54) is 5.56 Å². The van der Waals surface area contributed by atoms with Crippen LogP contribution in [0.3, 0.4) is 0 Å². The minimum Gasteiger partial charge on any atom is -0.493 e. The summed E-state index contributed by atoms with van der Waals surface area (Å²) < 4.78 is 16.4. The highest BCUT2D eigenvalue weighted by molar-refractivity contribution is 5.50. The molecule has 1 saturated heterocycles. The van der Waals surface area contributed by atoms with Crippen molar-refractivity contribution in [3.8, 4) is 11.5 Å². The lowest BCUT2D eigenvalue weighted by atomic mass is 10.0. The van der Waals surface area contributed by atoms with Gasteiger partial charge >= 0.3 is 0 Å². The number of methoxy groups -OCH3 is 1. The molecule has 1 aliphatic heterocycles. The Morgan fingerprint density at radius 1 is 1.32 bits per heavy atom. The molecule has 1 fully saturated rings. The Bertz CT molecular complexity index is 461. The fraction of sp³-hybridized carbons (Fsp3) is 0.375. The molecule has 0 radical (unpaired) electrons. The number of hydrogen-bond acceptors (Lipinski definition) is 3. The molecule has 3 heteroatoms. The van der Waals surface area contributed by atoms with Gasteiger partial charge in [0, 0.05) is 5.56 Å². The van der Waals surface area contributed by atoms with Crippen molar-refractivity contribution < 1.29 is 14.2 Å². The Kier molecular flexibility index (Phi) is 4.63. The third-order valence-corrected chi connectivity index (χ3v) is 2.97. The average molecular weight is 260 g/mol. The second-order valence-corrected chi connectivity index (χ2v) is 4.54. The second-order valence-electron chi connectivity index (χ2n) is 4.54. The third-order valence-electron chi connectivity index (χ3n) is 2.97. The van der Waals surface area contributed by atoms with Crippen LogP contribution in [0.5, 0.6) is 11.5 Å². The second kappa shape index (κ2) is 6.43. The molecule has 0 spiro atoms. The molecule has 1 aromatic carbocycles. The number of ether oxygens (including phenoxy) is 3. The predicted octanol–water partition coefficient (Wildman–Crippen LogP) is 2.93. The van der Waals surface area contributed by atoms with E-state index in [-0.39, 0.29) is 6.10 Å². The molecule has 0 aromatic heterocycles. The average Bonchev–Trinajstić information content (AvgIpc) is 3.22. The van der Waals surface area contributed by atoms with Gasteiger partial charge < -0.3 is 14.2 Å². The molecular formula is C16H20O3. The molecule has 1 unspecified atom stereocenters. The molecule has 0 amide bonds. The predicted molar refractivity (Wildman–Crippen MR) is 76.0 cm³/mol. The summed E-state index contributed by atoms with van der Waals surface area (Å²) in [7, 11) is 1.66. The lowest BCUT2D eigenvalue weighted by Crippen LogP contribution is -2.07. The summed E-state index contributed by atoms with van der Waals surface area (Å²) in [4.78, 5) is 0. The minimum atomic E-state index is 0.231. The monoisotopic (exact) mass is 260 g/mol. The summed E-state index contributed by atoms with van der Waals surface area (Å²) in [6.45, 7) is 8.92. The first-order valence-electron chi connectivity index (χ1n) is 6.44. The van der Waals surface area contributed by atoms with Gasteiger partial charge in [-0.15, -0.1) is 13.2 Å².